The van der Waals surface area contributed by atoms with Crippen molar-refractivity contribution in [3.63, 3.8) is 0 Å². The van der Waals surface area contributed by atoms with Crippen molar-refractivity contribution >= 4 is 32.4 Å². The molecule has 1 atom stereocenters. The summed E-state index contributed by atoms with van der Waals surface area (Å²) in [5, 5.41) is 9.50. The van der Waals surface area contributed by atoms with Crippen molar-refractivity contribution in [3.8, 4) is 0 Å². The number of anilines is 1. The molecule has 0 amide bonds. The summed E-state index contributed by atoms with van der Waals surface area (Å²) in [6, 6.07) is 10.4. The fourth-order valence-corrected chi connectivity index (χ4v) is 4.64. The van der Waals surface area contributed by atoms with Gasteiger partial charge in [0.2, 0.25) is 0 Å². The average Bonchev–Trinajstić information content (AvgIpc) is 3.07. The van der Waals surface area contributed by atoms with Gasteiger partial charge in [0.15, 0.2) is 9.84 Å². The van der Waals surface area contributed by atoms with Crippen LogP contribution in [-0.2, 0) is 22.0 Å². The second-order valence-corrected chi connectivity index (χ2v) is 9.81. The summed E-state index contributed by atoms with van der Waals surface area (Å²) in [6.45, 7) is 0. The predicted molar refractivity (Wildman–Crippen MR) is 114 cm³/mol. The van der Waals surface area contributed by atoms with E-state index in [4.69, 9.17) is 5.11 Å². The van der Waals surface area contributed by atoms with Gasteiger partial charge in [-0.3, -0.25) is 4.79 Å². The molecule has 0 radical (unpaired) electrons. The third kappa shape index (κ3) is 3.80. The van der Waals surface area contributed by atoms with Crippen molar-refractivity contribution in [2.45, 2.75) is 24.6 Å². The highest BCUT2D eigenvalue weighted by Crippen LogP contribution is 2.38. The summed E-state index contributed by atoms with van der Waals surface area (Å²) in [4.78, 5) is 32.6. The first-order valence-electron chi connectivity index (χ1n) is 9.42. The van der Waals surface area contributed by atoms with Gasteiger partial charge in [-0.25, -0.2) is 18.2 Å². The first-order chi connectivity index (χ1) is 14.1. The summed E-state index contributed by atoms with van der Waals surface area (Å²) >= 11 is 0. The monoisotopic (exact) mass is 427 g/mol. The van der Waals surface area contributed by atoms with Crippen LogP contribution in [0.4, 0.5) is 5.69 Å². The van der Waals surface area contributed by atoms with E-state index < -0.39 is 15.8 Å². The maximum atomic E-state index is 12.6. The fourth-order valence-electron chi connectivity index (χ4n) is 4.01. The molecule has 8 nitrogen and oxygen atoms in total. The summed E-state index contributed by atoms with van der Waals surface area (Å²) < 4.78 is 23.1. The van der Waals surface area contributed by atoms with Gasteiger partial charge >= 0.3 is 5.97 Å². The lowest BCUT2D eigenvalue weighted by molar-refractivity contribution is 0.0697. The second-order valence-electron chi connectivity index (χ2n) is 7.67. The van der Waals surface area contributed by atoms with Crippen LogP contribution < -0.4 is 10.5 Å². The molecule has 1 unspecified atom stereocenters. The average molecular weight is 427 g/mol. The molecule has 0 saturated carbocycles. The van der Waals surface area contributed by atoms with Gasteiger partial charge in [-0.05, 0) is 60.4 Å². The van der Waals surface area contributed by atoms with Crippen molar-refractivity contribution in [3.05, 3.63) is 69.3 Å². The van der Waals surface area contributed by atoms with Crippen molar-refractivity contribution in [1.29, 1.82) is 0 Å². The number of carboxylic acids is 1. The van der Waals surface area contributed by atoms with Crippen LogP contribution in [0.3, 0.4) is 0 Å². The van der Waals surface area contributed by atoms with Gasteiger partial charge in [-0.1, -0.05) is 0 Å². The van der Waals surface area contributed by atoms with E-state index in [0.717, 1.165) is 35.9 Å². The zero-order chi connectivity index (χ0) is 21.6. The maximum Gasteiger partial charge on any atom is 0.335 e. The Hall–Kier alpha value is -3.20. The Balaban J connectivity index is 1.71. The molecule has 1 aliphatic rings. The topological polar surface area (TPSA) is 120 Å². The van der Waals surface area contributed by atoms with Crippen LogP contribution in [0.1, 0.15) is 39.8 Å². The number of nitrogens with one attached hydrogen (secondary N) is 1. The van der Waals surface area contributed by atoms with E-state index in [1.807, 2.05) is 19.2 Å². The van der Waals surface area contributed by atoms with Crippen LogP contribution in [0.2, 0.25) is 0 Å². The first-order valence-corrected chi connectivity index (χ1v) is 11.5. The number of sulfone groups is 1. The van der Waals surface area contributed by atoms with Crippen molar-refractivity contribution < 1.29 is 18.3 Å². The quantitative estimate of drug-likeness (QED) is 0.641. The molecular formula is C21H21N3O5S. The highest BCUT2D eigenvalue weighted by Gasteiger charge is 2.27. The molecule has 0 bridgehead atoms. The van der Waals surface area contributed by atoms with Gasteiger partial charge in [-0.2, -0.15) is 0 Å². The van der Waals surface area contributed by atoms with E-state index in [-0.39, 0.29) is 28.7 Å². The molecule has 1 heterocycles. The van der Waals surface area contributed by atoms with Gasteiger partial charge < -0.3 is 15.0 Å². The number of aromatic carboxylic acids is 1. The van der Waals surface area contributed by atoms with E-state index in [1.165, 1.54) is 0 Å². The largest absolute Gasteiger partial charge is 0.478 e. The molecule has 3 aromatic rings. The normalized spacial score (nSPS) is 15.9. The highest BCUT2D eigenvalue weighted by atomic mass is 32.2. The fraction of sp³-hybridized carbons (Fsp3) is 0.286. The molecule has 156 valence electrons. The number of carbonyl (C=O) groups is 1. The summed E-state index contributed by atoms with van der Waals surface area (Å²) in [5.41, 5.74) is 3.34. The molecule has 0 aliphatic heterocycles. The van der Waals surface area contributed by atoms with E-state index in [2.05, 4.69) is 14.9 Å². The third-order valence-electron chi connectivity index (χ3n) is 5.45. The Morgan fingerprint density at radius 2 is 1.97 bits per heavy atom. The Morgan fingerprint density at radius 1 is 1.27 bits per heavy atom. The molecule has 1 aliphatic carbocycles. The standard InChI is InChI=1S/C21H21N3O5S/c1-24(14-6-3-12(4-7-14)21(26)27)18-8-5-13-9-17-16(10-15(13)18)20(25)23-19(22-17)11-30(2,28)29/h3-4,6-7,9-10,18H,5,8,11H2,1-2H3,(H,26,27)(H,22,23,25). The molecule has 0 saturated heterocycles. The molecular weight excluding hydrogens is 406 g/mol. The molecule has 4 rings (SSSR count). The molecule has 0 spiro atoms. The van der Waals surface area contributed by atoms with Crippen LogP contribution in [0, 0.1) is 0 Å². The molecule has 2 aromatic carbocycles. The Bertz CT molecular complexity index is 1310. The van der Waals surface area contributed by atoms with Crippen LogP contribution in [-0.4, -0.2) is 42.8 Å². The second kappa shape index (κ2) is 7.24. The number of aryl methyl sites for hydroxylation is 1. The van der Waals surface area contributed by atoms with Gasteiger partial charge in [0.05, 0.1) is 22.5 Å². The predicted octanol–water partition coefficient (Wildman–Crippen LogP) is 2.29. The highest BCUT2D eigenvalue weighted by molar-refractivity contribution is 7.89. The minimum Gasteiger partial charge on any atom is -0.478 e. The van der Waals surface area contributed by atoms with Crippen molar-refractivity contribution in [2.75, 3.05) is 18.2 Å². The summed E-state index contributed by atoms with van der Waals surface area (Å²) in [6.07, 6.45) is 2.75. The van der Waals surface area contributed by atoms with Crippen LogP contribution in [0.5, 0.6) is 0 Å². The number of fused-ring (bicyclic) bond motifs is 2. The lowest BCUT2D eigenvalue weighted by Gasteiger charge is -2.28. The van der Waals surface area contributed by atoms with E-state index in [1.54, 1.807) is 24.3 Å². The van der Waals surface area contributed by atoms with Crippen LogP contribution in [0.15, 0.2) is 41.2 Å². The summed E-state index contributed by atoms with van der Waals surface area (Å²) in [5.74, 6) is -1.14. The number of hydrogen-bond donors (Lipinski definition) is 2. The smallest absolute Gasteiger partial charge is 0.335 e. The van der Waals surface area contributed by atoms with Crippen molar-refractivity contribution in [2.24, 2.45) is 0 Å². The van der Waals surface area contributed by atoms with E-state index in [0.29, 0.717) is 10.9 Å². The minimum absolute atomic E-state index is 0.0372. The van der Waals surface area contributed by atoms with E-state index in [9.17, 15) is 18.0 Å². The maximum absolute atomic E-state index is 12.6. The van der Waals surface area contributed by atoms with Crippen LogP contribution in [0.25, 0.3) is 10.9 Å². The molecule has 9 heteroatoms. The lowest BCUT2D eigenvalue weighted by Crippen LogP contribution is -2.22. The number of benzene rings is 2. The zero-order valence-electron chi connectivity index (χ0n) is 16.5. The van der Waals surface area contributed by atoms with Gasteiger partial charge in [0, 0.05) is 19.0 Å². The SMILES string of the molecule is CN(c1ccc(C(=O)O)cc1)C1CCc2cc3nc(CS(C)(=O)=O)[nH]c(=O)c3cc21. The Kier molecular flexibility index (Phi) is 4.85. The van der Waals surface area contributed by atoms with Crippen molar-refractivity contribution in [1.82, 2.24) is 9.97 Å². The minimum atomic E-state index is -3.31. The number of H-pyrrole nitrogens is 1. The lowest BCUT2D eigenvalue weighted by atomic mass is 10.0. The molecule has 1 aromatic heterocycles. The number of carboxylic acid groups (broad SMARTS) is 1. The number of rotatable bonds is 5. The first kappa shape index (κ1) is 20.1. The number of aromatic amines is 1. The summed E-state index contributed by atoms with van der Waals surface area (Å²) in [7, 11) is -1.37. The molecule has 2 N–H and O–H groups in total. The van der Waals surface area contributed by atoms with Gasteiger partial charge in [0.25, 0.3) is 5.56 Å². The third-order valence-corrected chi connectivity index (χ3v) is 6.25. The number of nitrogens with zero attached hydrogens (tertiary/aromatic N) is 2. The Labute approximate surface area is 173 Å². The van der Waals surface area contributed by atoms with E-state index >= 15 is 0 Å². The number of hydrogen-bond acceptors (Lipinski definition) is 6. The number of aromatic nitrogens is 2. The zero-order valence-corrected chi connectivity index (χ0v) is 17.4. The van der Waals surface area contributed by atoms with Gasteiger partial charge in [-0.15, -0.1) is 0 Å². The molecule has 30 heavy (non-hydrogen) atoms. The van der Waals surface area contributed by atoms with Gasteiger partial charge in [0.1, 0.15) is 11.6 Å². The van der Waals surface area contributed by atoms with Crippen LogP contribution >= 0.6 is 0 Å². The Morgan fingerprint density at radius 3 is 2.60 bits per heavy atom. The molecule has 0 fully saturated rings.